The molecule has 3 amide bonds. The Morgan fingerprint density at radius 3 is 2.26 bits per heavy atom. The van der Waals surface area contributed by atoms with Crippen LogP contribution in [-0.4, -0.2) is 78.0 Å². The molecule has 1 saturated heterocycles. The van der Waals surface area contributed by atoms with E-state index in [4.69, 9.17) is 5.11 Å². The molecule has 0 bridgehead atoms. The second kappa shape index (κ2) is 6.40. The van der Waals surface area contributed by atoms with Crippen molar-refractivity contribution in [2.75, 3.05) is 40.3 Å². The summed E-state index contributed by atoms with van der Waals surface area (Å²) in [5.74, 6) is -0.935. The molecule has 1 aliphatic heterocycles. The number of likely N-dealkylation sites (N-methyl/N-ethyl adjacent to an activating group) is 2. The molecular formula is C12H21N3O4. The van der Waals surface area contributed by atoms with Crippen LogP contribution in [0.4, 0.5) is 4.79 Å². The number of hydrogen-bond donors (Lipinski definition) is 1. The molecule has 7 heteroatoms. The van der Waals surface area contributed by atoms with Gasteiger partial charge in [0.2, 0.25) is 5.91 Å². The number of carbonyl (C=O) groups is 3. The van der Waals surface area contributed by atoms with Gasteiger partial charge in [-0.3, -0.25) is 9.59 Å². The molecule has 1 aliphatic rings. The van der Waals surface area contributed by atoms with Gasteiger partial charge in [0.15, 0.2) is 0 Å². The van der Waals surface area contributed by atoms with Gasteiger partial charge < -0.3 is 19.8 Å². The number of likely N-dealkylation sites (tertiary alicyclic amines) is 1. The van der Waals surface area contributed by atoms with Gasteiger partial charge in [-0.2, -0.15) is 0 Å². The number of rotatable bonds is 5. The van der Waals surface area contributed by atoms with Crippen LogP contribution in [-0.2, 0) is 9.59 Å². The SMILES string of the molecule is CCN(CC(=O)N(C)C)C(=O)N1CC(CC(=O)O)C1. The summed E-state index contributed by atoms with van der Waals surface area (Å²) in [6.07, 6.45) is 0.0898. The van der Waals surface area contributed by atoms with E-state index in [9.17, 15) is 14.4 Å². The average molecular weight is 271 g/mol. The molecule has 0 aromatic rings. The van der Waals surface area contributed by atoms with Crippen molar-refractivity contribution in [3.05, 3.63) is 0 Å². The van der Waals surface area contributed by atoms with Crippen LogP contribution in [0.2, 0.25) is 0 Å². The van der Waals surface area contributed by atoms with E-state index in [1.807, 2.05) is 6.92 Å². The number of hydrogen-bond acceptors (Lipinski definition) is 3. The Morgan fingerprint density at radius 2 is 1.84 bits per heavy atom. The van der Waals surface area contributed by atoms with Crippen LogP contribution in [0.25, 0.3) is 0 Å². The van der Waals surface area contributed by atoms with Crippen molar-refractivity contribution in [2.24, 2.45) is 5.92 Å². The van der Waals surface area contributed by atoms with E-state index in [1.54, 1.807) is 19.0 Å². The fraction of sp³-hybridized carbons (Fsp3) is 0.750. The van der Waals surface area contributed by atoms with Crippen molar-refractivity contribution in [2.45, 2.75) is 13.3 Å². The third kappa shape index (κ3) is 4.11. The zero-order valence-electron chi connectivity index (χ0n) is 11.6. The minimum atomic E-state index is -0.841. The molecule has 0 aromatic heterocycles. The van der Waals surface area contributed by atoms with Crippen LogP contribution in [0.15, 0.2) is 0 Å². The molecule has 1 N–H and O–H groups in total. The molecule has 0 unspecified atom stereocenters. The Labute approximate surface area is 112 Å². The zero-order valence-corrected chi connectivity index (χ0v) is 11.6. The molecule has 1 heterocycles. The highest BCUT2D eigenvalue weighted by molar-refractivity contribution is 5.84. The van der Waals surface area contributed by atoms with Crippen molar-refractivity contribution in [1.29, 1.82) is 0 Å². The molecule has 0 spiro atoms. The van der Waals surface area contributed by atoms with Crippen molar-refractivity contribution >= 4 is 17.9 Å². The molecule has 0 atom stereocenters. The van der Waals surface area contributed by atoms with Crippen molar-refractivity contribution in [3.8, 4) is 0 Å². The minimum absolute atomic E-state index is 0.0321. The van der Waals surface area contributed by atoms with E-state index in [1.165, 1.54) is 9.80 Å². The highest BCUT2D eigenvalue weighted by Gasteiger charge is 2.34. The molecule has 0 radical (unpaired) electrons. The van der Waals surface area contributed by atoms with Crippen molar-refractivity contribution in [1.82, 2.24) is 14.7 Å². The van der Waals surface area contributed by atoms with Crippen LogP contribution < -0.4 is 0 Å². The lowest BCUT2D eigenvalue weighted by atomic mass is 9.97. The summed E-state index contributed by atoms with van der Waals surface area (Å²) < 4.78 is 0. The summed E-state index contributed by atoms with van der Waals surface area (Å²) >= 11 is 0. The van der Waals surface area contributed by atoms with Gasteiger partial charge >= 0.3 is 12.0 Å². The first-order valence-electron chi connectivity index (χ1n) is 6.31. The summed E-state index contributed by atoms with van der Waals surface area (Å²) in [5.41, 5.74) is 0. The van der Waals surface area contributed by atoms with Gasteiger partial charge in [-0.15, -0.1) is 0 Å². The lowest BCUT2D eigenvalue weighted by Crippen LogP contribution is -2.56. The highest BCUT2D eigenvalue weighted by Crippen LogP contribution is 2.20. The predicted molar refractivity (Wildman–Crippen MR) is 68.7 cm³/mol. The van der Waals surface area contributed by atoms with Gasteiger partial charge in [0.25, 0.3) is 0 Å². The van der Waals surface area contributed by atoms with Gasteiger partial charge in [0.1, 0.15) is 6.54 Å². The highest BCUT2D eigenvalue weighted by atomic mass is 16.4. The lowest BCUT2D eigenvalue weighted by molar-refractivity contribution is -0.139. The standard InChI is InChI=1S/C12H21N3O4/c1-4-14(8-10(16)13(2)3)12(19)15-6-9(7-15)5-11(17)18/h9H,4-8H2,1-3H3,(H,17,18). The van der Waals surface area contributed by atoms with E-state index in [0.717, 1.165) is 0 Å². The van der Waals surface area contributed by atoms with E-state index < -0.39 is 5.97 Å². The molecule has 7 nitrogen and oxygen atoms in total. The maximum atomic E-state index is 12.1. The summed E-state index contributed by atoms with van der Waals surface area (Å²) in [6.45, 7) is 3.24. The Hall–Kier alpha value is -1.79. The Morgan fingerprint density at radius 1 is 1.26 bits per heavy atom. The van der Waals surface area contributed by atoms with Gasteiger partial charge in [0, 0.05) is 39.6 Å². The molecule has 1 rings (SSSR count). The smallest absolute Gasteiger partial charge is 0.320 e. The normalized spacial score (nSPS) is 14.8. The van der Waals surface area contributed by atoms with Crippen molar-refractivity contribution < 1.29 is 19.5 Å². The number of urea groups is 1. The van der Waals surface area contributed by atoms with Crippen LogP contribution in [0.5, 0.6) is 0 Å². The Kier molecular flexibility index (Phi) is 5.14. The van der Waals surface area contributed by atoms with Gasteiger partial charge in [0.05, 0.1) is 6.42 Å². The van der Waals surface area contributed by atoms with E-state index in [2.05, 4.69) is 0 Å². The maximum Gasteiger partial charge on any atom is 0.320 e. The van der Waals surface area contributed by atoms with Gasteiger partial charge in [-0.05, 0) is 6.92 Å². The largest absolute Gasteiger partial charge is 0.481 e. The fourth-order valence-corrected chi connectivity index (χ4v) is 1.92. The first kappa shape index (κ1) is 15.3. The number of amides is 3. The second-order valence-electron chi connectivity index (χ2n) is 4.95. The first-order chi connectivity index (χ1) is 8.85. The van der Waals surface area contributed by atoms with Crippen LogP contribution in [0, 0.1) is 5.92 Å². The van der Waals surface area contributed by atoms with Crippen LogP contribution in [0.3, 0.4) is 0 Å². The van der Waals surface area contributed by atoms with E-state index in [0.29, 0.717) is 19.6 Å². The van der Waals surface area contributed by atoms with Crippen LogP contribution >= 0.6 is 0 Å². The molecule has 0 aliphatic carbocycles. The zero-order chi connectivity index (χ0) is 14.6. The second-order valence-corrected chi connectivity index (χ2v) is 4.95. The molecule has 1 fully saturated rings. The summed E-state index contributed by atoms with van der Waals surface area (Å²) in [7, 11) is 3.29. The minimum Gasteiger partial charge on any atom is -0.481 e. The molecule has 19 heavy (non-hydrogen) atoms. The maximum absolute atomic E-state index is 12.1. The van der Waals surface area contributed by atoms with Crippen LogP contribution in [0.1, 0.15) is 13.3 Å². The predicted octanol–water partition coefficient (Wildman–Crippen LogP) is -0.0770. The molecule has 0 aromatic carbocycles. The number of carbonyl (C=O) groups excluding carboxylic acids is 2. The van der Waals surface area contributed by atoms with E-state index in [-0.39, 0.29) is 30.8 Å². The monoisotopic (exact) mass is 271 g/mol. The number of carboxylic acid groups (broad SMARTS) is 1. The Bertz CT molecular complexity index is 364. The third-order valence-electron chi connectivity index (χ3n) is 3.17. The summed E-state index contributed by atoms with van der Waals surface area (Å²) in [5, 5.41) is 8.65. The fourth-order valence-electron chi connectivity index (χ4n) is 1.92. The van der Waals surface area contributed by atoms with Gasteiger partial charge in [-0.25, -0.2) is 4.79 Å². The summed E-state index contributed by atoms with van der Waals surface area (Å²) in [4.78, 5) is 38.7. The number of aliphatic carboxylic acids is 1. The molecule has 0 saturated carbocycles. The average Bonchev–Trinajstić information content (AvgIpc) is 2.28. The quantitative estimate of drug-likeness (QED) is 0.758. The number of nitrogens with zero attached hydrogens (tertiary/aromatic N) is 3. The number of carboxylic acids is 1. The third-order valence-corrected chi connectivity index (χ3v) is 3.17. The lowest BCUT2D eigenvalue weighted by Gasteiger charge is -2.41. The Balaban J connectivity index is 2.44. The topological polar surface area (TPSA) is 81.2 Å². The van der Waals surface area contributed by atoms with E-state index >= 15 is 0 Å². The molecular weight excluding hydrogens is 250 g/mol. The first-order valence-corrected chi connectivity index (χ1v) is 6.31. The molecule has 108 valence electrons. The van der Waals surface area contributed by atoms with Gasteiger partial charge in [-0.1, -0.05) is 0 Å². The van der Waals surface area contributed by atoms with Crippen molar-refractivity contribution in [3.63, 3.8) is 0 Å². The summed E-state index contributed by atoms with van der Waals surface area (Å²) in [6, 6.07) is -0.195.